The van der Waals surface area contributed by atoms with Crippen molar-refractivity contribution in [3.63, 3.8) is 0 Å². The quantitative estimate of drug-likeness (QED) is 0.541. The van der Waals surface area contributed by atoms with Gasteiger partial charge in [-0.3, -0.25) is 4.79 Å². The number of rotatable bonds is 4. The normalized spacial score (nSPS) is 24.6. The monoisotopic (exact) mass is 472 g/mol. The van der Waals surface area contributed by atoms with Crippen molar-refractivity contribution < 1.29 is 15.7 Å². The average molecular weight is 473 g/mol. The summed E-state index contributed by atoms with van der Waals surface area (Å²) in [5, 5.41) is 3.22. The lowest BCUT2D eigenvalue weighted by Crippen LogP contribution is -2.46. The van der Waals surface area contributed by atoms with Gasteiger partial charge in [-0.25, -0.2) is 0 Å². The Balaban J connectivity index is 0.00000342. The Morgan fingerprint density at radius 3 is 1.97 bits per heavy atom. The molecule has 0 radical (unpaired) electrons. The third-order valence-corrected chi connectivity index (χ3v) is 8.82. The maximum Gasteiger partial charge on any atom is 0.217 e. The van der Waals surface area contributed by atoms with Gasteiger partial charge in [-0.05, 0) is 68.5 Å². The van der Waals surface area contributed by atoms with Crippen molar-refractivity contribution in [2.75, 3.05) is 27.3 Å². The topological polar surface area (TPSA) is 50.8 Å². The SMILES string of the molecule is COc1cc2c(cc1OC)C1(CCN(C3CCCCCCCCCCC3)CC1)C[C@@H]2NC(C)=O.[HH]. The Hall–Kier alpha value is -1.75. The molecule has 1 saturated carbocycles. The molecule has 1 aromatic carbocycles. The molecule has 0 bridgehead atoms. The largest absolute Gasteiger partial charge is 0.493 e. The predicted octanol–water partition coefficient (Wildman–Crippen LogP) is 6.54. The fourth-order valence-electron chi connectivity index (χ4n) is 6.92. The molecule has 1 atom stereocenters. The molecule has 1 aliphatic heterocycles. The van der Waals surface area contributed by atoms with Crippen LogP contribution in [0.2, 0.25) is 0 Å². The minimum absolute atomic E-state index is 0. The van der Waals surface area contributed by atoms with Crippen molar-refractivity contribution in [1.29, 1.82) is 0 Å². The maximum atomic E-state index is 12.0. The number of ether oxygens (including phenoxy) is 2. The van der Waals surface area contributed by atoms with Crippen LogP contribution in [-0.2, 0) is 10.2 Å². The van der Waals surface area contributed by atoms with E-state index in [1.807, 2.05) is 0 Å². The van der Waals surface area contributed by atoms with Crippen LogP contribution in [0.1, 0.15) is 115 Å². The zero-order valence-corrected chi connectivity index (χ0v) is 21.8. The van der Waals surface area contributed by atoms with E-state index in [9.17, 15) is 4.79 Å². The number of carbonyl (C=O) groups is 1. The molecule has 1 spiro atoms. The summed E-state index contributed by atoms with van der Waals surface area (Å²) in [4.78, 5) is 14.8. The van der Waals surface area contributed by atoms with Gasteiger partial charge in [0.2, 0.25) is 5.91 Å². The van der Waals surface area contributed by atoms with Gasteiger partial charge < -0.3 is 19.7 Å². The van der Waals surface area contributed by atoms with E-state index in [0.29, 0.717) is 0 Å². The fourth-order valence-corrected chi connectivity index (χ4v) is 6.92. The Morgan fingerprint density at radius 2 is 1.44 bits per heavy atom. The lowest BCUT2D eigenvalue weighted by Gasteiger charge is -2.44. The smallest absolute Gasteiger partial charge is 0.217 e. The first kappa shape index (κ1) is 25.3. The van der Waals surface area contributed by atoms with Gasteiger partial charge in [0.25, 0.3) is 0 Å². The molecule has 3 aliphatic rings. The number of nitrogens with one attached hydrogen (secondary N) is 1. The molecule has 5 heteroatoms. The number of likely N-dealkylation sites (tertiary alicyclic amines) is 1. The van der Waals surface area contributed by atoms with Gasteiger partial charge in [-0.1, -0.05) is 57.8 Å². The van der Waals surface area contributed by atoms with Crippen molar-refractivity contribution >= 4 is 5.91 Å². The number of fused-ring (bicyclic) bond motifs is 2. The summed E-state index contributed by atoms with van der Waals surface area (Å²) in [5.74, 6) is 1.58. The van der Waals surface area contributed by atoms with Crippen molar-refractivity contribution in [3.05, 3.63) is 23.3 Å². The first-order valence-corrected chi connectivity index (χ1v) is 13.8. The van der Waals surface area contributed by atoms with E-state index in [-0.39, 0.29) is 18.8 Å². The number of amides is 1. The number of nitrogens with zero attached hydrogens (tertiary/aromatic N) is 1. The lowest BCUT2D eigenvalue weighted by molar-refractivity contribution is -0.119. The minimum atomic E-state index is 0. The lowest BCUT2D eigenvalue weighted by atomic mass is 9.73. The second kappa shape index (κ2) is 11.8. The van der Waals surface area contributed by atoms with E-state index in [2.05, 4.69) is 22.3 Å². The fraction of sp³-hybridized carbons (Fsp3) is 0.759. The average Bonchev–Trinajstić information content (AvgIpc) is 3.10. The molecular weight excluding hydrogens is 424 g/mol. The molecule has 34 heavy (non-hydrogen) atoms. The second-order valence-corrected chi connectivity index (χ2v) is 11.0. The standard InChI is InChI=1S/C29H46N2O3.H2/c1-22(32)30-26-21-29(25-20-28(34-3)27(33-2)19-24(25)26)15-17-31(18-16-29)23-13-11-9-7-5-4-6-8-10-12-14-23;/h19-20,23,26H,4-18,21H2,1-3H3,(H,30,32);1H/t26-;/m0./s1. The Kier molecular flexibility index (Phi) is 8.79. The zero-order valence-electron chi connectivity index (χ0n) is 21.8. The number of hydrogen-bond donors (Lipinski definition) is 1. The van der Waals surface area contributed by atoms with Crippen molar-refractivity contribution in [2.45, 2.75) is 114 Å². The van der Waals surface area contributed by atoms with E-state index in [1.54, 1.807) is 21.1 Å². The summed E-state index contributed by atoms with van der Waals surface area (Å²) in [5.41, 5.74) is 2.69. The highest BCUT2D eigenvalue weighted by atomic mass is 16.5. The molecule has 2 aliphatic carbocycles. The van der Waals surface area contributed by atoms with Crippen LogP contribution in [0.15, 0.2) is 12.1 Å². The van der Waals surface area contributed by atoms with Gasteiger partial charge >= 0.3 is 0 Å². The van der Waals surface area contributed by atoms with Crippen molar-refractivity contribution in [3.8, 4) is 11.5 Å². The molecule has 5 nitrogen and oxygen atoms in total. The van der Waals surface area contributed by atoms with E-state index >= 15 is 0 Å². The van der Waals surface area contributed by atoms with Crippen LogP contribution in [0.3, 0.4) is 0 Å². The first-order valence-electron chi connectivity index (χ1n) is 13.8. The van der Waals surface area contributed by atoms with E-state index in [4.69, 9.17) is 9.47 Å². The third-order valence-electron chi connectivity index (χ3n) is 8.82. The van der Waals surface area contributed by atoms with E-state index < -0.39 is 0 Å². The van der Waals surface area contributed by atoms with Crippen LogP contribution in [0.25, 0.3) is 0 Å². The highest BCUT2D eigenvalue weighted by Gasteiger charge is 2.47. The molecule has 1 N–H and O–H groups in total. The predicted molar refractivity (Wildman–Crippen MR) is 140 cm³/mol. The molecule has 2 fully saturated rings. The van der Waals surface area contributed by atoms with Gasteiger partial charge in [-0.15, -0.1) is 0 Å². The van der Waals surface area contributed by atoms with Crippen LogP contribution in [0, 0.1) is 0 Å². The Morgan fingerprint density at radius 1 is 0.912 bits per heavy atom. The molecule has 192 valence electrons. The summed E-state index contributed by atoms with van der Waals surface area (Å²) in [7, 11) is 3.40. The minimum Gasteiger partial charge on any atom is -0.493 e. The Bertz CT molecular complexity index is 810. The summed E-state index contributed by atoms with van der Waals surface area (Å²) in [6.07, 6.45) is 18.7. The van der Waals surface area contributed by atoms with Crippen LogP contribution in [0.4, 0.5) is 0 Å². The highest BCUT2D eigenvalue weighted by Crippen LogP contribution is 2.53. The molecule has 0 aromatic heterocycles. The molecule has 1 amide bonds. The van der Waals surface area contributed by atoms with Gasteiger partial charge in [0, 0.05) is 19.8 Å². The van der Waals surface area contributed by atoms with Gasteiger partial charge in [0.1, 0.15) is 0 Å². The summed E-state index contributed by atoms with van der Waals surface area (Å²) >= 11 is 0. The third kappa shape index (κ3) is 5.72. The van der Waals surface area contributed by atoms with Gasteiger partial charge in [-0.2, -0.15) is 0 Å². The number of benzene rings is 1. The molecule has 0 unspecified atom stereocenters. The van der Waals surface area contributed by atoms with E-state index in [1.165, 1.54) is 81.8 Å². The van der Waals surface area contributed by atoms with Crippen molar-refractivity contribution in [1.82, 2.24) is 10.2 Å². The molecule has 1 aromatic rings. The summed E-state index contributed by atoms with van der Waals surface area (Å²) in [6, 6.07) is 5.10. The van der Waals surface area contributed by atoms with E-state index in [0.717, 1.165) is 49.9 Å². The maximum absolute atomic E-state index is 12.0. The zero-order chi connectivity index (χ0) is 24.0. The molecular formula is C29H48N2O3. The highest BCUT2D eigenvalue weighted by molar-refractivity contribution is 5.74. The van der Waals surface area contributed by atoms with Crippen LogP contribution < -0.4 is 14.8 Å². The van der Waals surface area contributed by atoms with Crippen LogP contribution in [-0.4, -0.2) is 44.2 Å². The number of methoxy groups -OCH3 is 2. The molecule has 1 saturated heterocycles. The van der Waals surface area contributed by atoms with Gasteiger partial charge in [0.15, 0.2) is 11.5 Å². The number of hydrogen-bond acceptors (Lipinski definition) is 4. The Labute approximate surface area is 208 Å². The number of piperidine rings is 1. The second-order valence-electron chi connectivity index (χ2n) is 11.0. The first-order chi connectivity index (χ1) is 16.6. The van der Waals surface area contributed by atoms with Crippen LogP contribution >= 0.6 is 0 Å². The van der Waals surface area contributed by atoms with Gasteiger partial charge in [0.05, 0.1) is 20.3 Å². The summed E-state index contributed by atoms with van der Waals surface area (Å²) in [6.45, 7) is 3.94. The molecule has 1 heterocycles. The summed E-state index contributed by atoms with van der Waals surface area (Å²) < 4.78 is 11.3. The van der Waals surface area contributed by atoms with Crippen molar-refractivity contribution in [2.24, 2.45) is 0 Å². The number of carbonyl (C=O) groups excluding carboxylic acids is 1. The molecule has 4 rings (SSSR count). The van der Waals surface area contributed by atoms with Crippen LogP contribution in [0.5, 0.6) is 11.5 Å².